The first-order valence-electron chi connectivity index (χ1n) is 11.4. The Kier molecular flexibility index (Phi) is 3.80. The van der Waals surface area contributed by atoms with Crippen LogP contribution in [0, 0.1) is 6.92 Å². The fraction of sp³-hybridized carbons (Fsp3) is 0.0323. The van der Waals surface area contributed by atoms with Crippen molar-refractivity contribution in [3.05, 3.63) is 121 Å². The zero-order chi connectivity index (χ0) is 21.9. The van der Waals surface area contributed by atoms with E-state index in [1.807, 2.05) is 0 Å². The Morgan fingerprint density at radius 1 is 0.394 bits per heavy atom. The number of aromatic nitrogens is 2. The van der Waals surface area contributed by atoms with Gasteiger partial charge >= 0.3 is 0 Å². The van der Waals surface area contributed by atoms with E-state index in [4.69, 9.17) is 0 Å². The van der Waals surface area contributed by atoms with Gasteiger partial charge in [0.2, 0.25) is 0 Å². The molecule has 0 N–H and O–H groups in total. The van der Waals surface area contributed by atoms with E-state index in [-0.39, 0.29) is 0 Å². The van der Waals surface area contributed by atoms with Gasteiger partial charge in [-0.3, -0.25) is 0 Å². The van der Waals surface area contributed by atoms with Crippen molar-refractivity contribution in [3.8, 4) is 11.4 Å². The van der Waals surface area contributed by atoms with Gasteiger partial charge in [-0.15, -0.1) is 0 Å². The van der Waals surface area contributed by atoms with Crippen molar-refractivity contribution in [1.82, 2.24) is 9.13 Å². The largest absolute Gasteiger partial charge is 0.309 e. The van der Waals surface area contributed by atoms with Gasteiger partial charge in [-0.2, -0.15) is 0 Å². The lowest BCUT2D eigenvalue weighted by Gasteiger charge is -2.12. The molecule has 2 nitrogen and oxygen atoms in total. The maximum atomic E-state index is 2.43. The predicted molar refractivity (Wildman–Crippen MR) is 140 cm³/mol. The summed E-state index contributed by atoms with van der Waals surface area (Å²) in [7, 11) is 0. The Bertz CT molecular complexity index is 1780. The summed E-state index contributed by atoms with van der Waals surface area (Å²) in [4.78, 5) is 0. The highest BCUT2D eigenvalue weighted by Crippen LogP contribution is 2.39. The highest BCUT2D eigenvalue weighted by molar-refractivity contribution is 6.16. The topological polar surface area (TPSA) is 9.86 Å². The third-order valence-electron chi connectivity index (χ3n) is 6.85. The van der Waals surface area contributed by atoms with Crippen LogP contribution in [0.1, 0.15) is 5.56 Å². The molecule has 0 aliphatic heterocycles. The highest BCUT2D eigenvalue weighted by atomic mass is 15.0. The standard InChI is InChI=1S/C31H22N2/c1-21-11-2-6-15-25(21)32-28-18-9-5-14-24(28)31-29(32)19-10-20-30(31)33-26-16-7-3-12-22(26)23-13-4-8-17-27(23)33/h2-20H,1H3. The second-order valence-corrected chi connectivity index (χ2v) is 8.68. The third-order valence-corrected chi connectivity index (χ3v) is 6.85. The SMILES string of the molecule is Cc1ccccc1-n1c2ccccc2c2c(-n3c4ccccc4c4ccccc43)cccc21. The lowest BCUT2D eigenvalue weighted by molar-refractivity contribution is 1.14. The van der Waals surface area contributed by atoms with Gasteiger partial charge in [0.15, 0.2) is 0 Å². The second-order valence-electron chi connectivity index (χ2n) is 8.68. The van der Waals surface area contributed by atoms with Crippen molar-refractivity contribution >= 4 is 43.6 Å². The molecule has 156 valence electrons. The van der Waals surface area contributed by atoms with Crippen LogP contribution in [-0.4, -0.2) is 9.13 Å². The van der Waals surface area contributed by atoms with Crippen molar-refractivity contribution in [1.29, 1.82) is 0 Å². The quantitative estimate of drug-likeness (QED) is 0.266. The van der Waals surface area contributed by atoms with E-state index in [1.165, 1.54) is 60.5 Å². The van der Waals surface area contributed by atoms with E-state index in [9.17, 15) is 0 Å². The van der Waals surface area contributed by atoms with Crippen molar-refractivity contribution in [2.45, 2.75) is 6.92 Å². The minimum absolute atomic E-state index is 1.22. The van der Waals surface area contributed by atoms with Crippen LogP contribution in [0.25, 0.3) is 55.0 Å². The molecule has 2 heterocycles. The van der Waals surface area contributed by atoms with Gasteiger partial charge in [-0.05, 0) is 48.9 Å². The van der Waals surface area contributed by atoms with E-state index in [0.29, 0.717) is 0 Å². The van der Waals surface area contributed by atoms with Crippen LogP contribution >= 0.6 is 0 Å². The fourth-order valence-electron chi connectivity index (χ4n) is 5.44. The Hall–Kier alpha value is -4.30. The summed E-state index contributed by atoms with van der Waals surface area (Å²) in [5.41, 5.74) is 8.64. The van der Waals surface area contributed by atoms with Gasteiger partial charge in [-0.1, -0.05) is 78.9 Å². The summed E-state index contributed by atoms with van der Waals surface area (Å²) in [6, 6.07) is 41.5. The fourth-order valence-corrected chi connectivity index (χ4v) is 5.44. The van der Waals surface area contributed by atoms with Crippen molar-refractivity contribution in [2.24, 2.45) is 0 Å². The van der Waals surface area contributed by atoms with Crippen LogP contribution in [0.5, 0.6) is 0 Å². The van der Waals surface area contributed by atoms with Gasteiger partial charge in [0.1, 0.15) is 0 Å². The molecule has 0 radical (unpaired) electrons. The molecule has 7 aromatic rings. The molecule has 0 spiro atoms. The molecular formula is C31H22N2. The molecule has 33 heavy (non-hydrogen) atoms. The molecule has 0 aliphatic carbocycles. The number of fused-ring (bicyclic) bond motifs is 6. The van der Waals surface area contributed by atoms with E-state index in [2.05, 4.69) is 131 Å². The lowest BCUT2D eigenvalue weighted by Crippen LogP contribution is -1.98. The van der Waals surface area contributed by atoms with E-state index in [1.54, 1.807) is 0 Å². The van der Waals surface area contributed by atoms with Gasteiger partial charge in [0, 0.05) is 27.2 Å². The zero-order valence-corrected chi connectivity index (χ0v) is 18.4. The van der Waals surface area contributed by atoms with Gasteiger partial charge in [-0.25, -0.2) is 0 Å². The molecule has 0 unspecified atom stereocenters. The summed E-state index contributed by atoms with van der Waals surface area (Å²) in [6.07, 6.45) is 0. The number of nitrogens with zero attached hydrogens (tertiary/aromatic N) is 2. The van der Waals surface area contributed by atoms with Crippen LogP contribution in [0.2, 0.25) is 0 Å². The molecule has 7 rings (SSSR count). The van der Waals surface area contributed by atoms with Gasteiger partial charge in [0.05, 0.1) is 27.8 Å². The zero-order valence-electron chi connectivity index (χ0n) is 18.4. The molecule has 2 heteroatoms. The van der Waals surface area contributed by atoms with Gasteiger partial charge < -0.3 is 9.13 Å². The van der Waals surface area contributed by atoms with Crippen LogP contribution in [-0.2, 0) is 0 Å². The molecule has 5 aromatic carbocycles. The summed E-state index contributed by atoms with van der Waals surface area (Å²) in [5.74, 6) is 0. The normalized spacial score (nSPS) is 11.8. The van der Waals surface area contributed by atoms with Crippen molar-refractivity contribution in [3.63, 3.8) is 0 Å². The summed E-state index contributed by atoms with van der Waals surface area (Å²) >= 11 is 0. The minimum Gasteiger partial charge on any atom is -0.309 e. The smallest absolute Gasteiger partial charge is 0.0562 e. The predicted octanol–water partition coefficient (Wildman–Crippen LogP) is 8.19. The maximum Gasteiger partial charge on any atom is 0.0562 e. The number of para-hydroxylation sites is 4. The third kappa shape index (κ3) is 2.49. The number of rotatable bonds is 2. The van der Waals surface area contributed by atoms with E-state index >= 15 is 0 Å². The first kappa shape index (κ1) is 18.3. The maximum absolute atomic E-state index is 2.43. The number of hydrogen-bond donors (Lipinski definition) is 0. The lowest BCUT2D eigenvalue weighted by atomic mass is 10.1. The monoisotopic (exact) mass is 422 g/mol. The molecule has 2 aromatic heterocycles. The van der Waals surface area contributed by atoms with E-state index in [0.717, 1.165) is 0 Å². The molecule has 0 fully saturated rings. The summed E-state index contributed by atoms with van der Waals surface area (Å²) < 4.78 is 4.85. The Morgan fingerprint density at radius 2 is 0.848 bits per heavy atom. The molecule has 0 amide bonds. The highest BCUT2D eigenvalue weighted by Gasteiger charge is 2.19. The Balaban J connectivity index is 1.70. The second kappa shape index (κ2) is 6.85. The molecule has 0 bridgehead atoms. The first-order valence-corrected chi connectivity index (χ1v) is 11.4. The van der Waals surface area contributed by atoms with Crippen LogP contribution in [0.3, 0.4) is 0 Å². The van der Waals surface area contributed by atoms with Crippen LogP contribution in [0.15, 0.2) is 115 Å². The van der Waals surface area contributed by atoms with Crippen LogP contribution in [0.4, 0.5) is 0 Å². The van der Waals surface area contributed by atoms with Crippen molar-refractivity contribution < 1.29 is 0 Å². The Morgan fingerprint density at radius 3 is 1.52 bits per heavy atom. The summed E-state index contributed by atoms with van der Waals surface area (Å²) in [6.45, 7) is 2.19. The average Bonchev–Trinajstić information content (AvgIpc) is 3.38. The molecular weight excluding hydrogens is 400 g/mol. The molecule has 0 saturated heterocycles. The number of hydrogen-bond acceptors (Lipinski definition) is 0. The average molecular weight is 423 g/mol. The first-order chi connectivity index (χ1) is 16.3. The van der Waals surface area contributed by atoms with Crippen LogP contribution < -0.4 is 0 Å². The van der Waals surface area contributed by atoms with Gasteiger partial charge in [0.25, 0.3) is 0 Å². The molecule has 0 atom stereocenters. The molecule has 0 aliphatic rings. The van der Waals surface area contributed by atoms with Crippen molar-refractivity contribution in [2.75, 3.05) is 0 Å². The summed E-state index contributed by atoms with van der Waals surface area (Å²) in [5, 5.41) is 5.12. The van der Waals surface area contributed by atoms with E-state index < -0.39 is 0 Å². The number of aryl methyl sites for hydroxylation is 1. The molecule has 0 saturated carbocycles. The Labute approximate surface area is 191 Å². The minimum atomic E-state index is 1.22. The number of benzene rings is 5.